The normalized spacial score (nSPS) is 12.1. The monoisotopic (exact) mass is 753 g/mol. The van der Waals surface area contributed by atoms with Gasteiger partial charge in [-0.25, -0.2) is 9.97 Å². The molecule has 0 unspecified atom stereocenters. The van der Waals surface area contributed by atoms with Gasteiger partial charge in [-0.05, 0) is 97.7 Å². The molecule has 3 nitrogen and oxygen atoms in total. The molecule has 0 atom stereocenters. The van der Waals surface area contributed by atoms with Gasteiger partial charge in [0.1, 0.15) is 0 Å². The highest BCUT2D eigenvalue weighted by atomic mass is 32.1. The molecule has 3 aromatic heterocycles. The van der Waals surface area contributed by atoms with Crippen molar-refractivity contribution in [3.05, 3.63) is 188 Å². The average Bonchev–Trinajstić information content (AvgIpc) is 3.94. The van der Waals surface area contributed by atoms with E-state index in [1.165, 1.54) is 86.2 Å². The maximum atomic E-state index is 5.36. The summed E-state index contributed by atoms with van der Waals surface area (Å²) in [5, 5.41) is 8.77. The van der Waals surface area contributed by atoms with Crippen LogP contribution in [0.25, 0.3) is 125 Å². The first-order valence-corrected chi connectivity index (χ1v) is 20.6. The molecule has 4 heteroatoms. The summed E-state index contributed by atoms with van der Waals surface area (Å²) in [6.07, 6.45) is 0. The van der Waals surface area contributed by atoms with Crippen LogP contribution < -0.4 is 0 Å². The van der Waals surface area contributed by atoms with Gasteiger partial charge in [0.15, 0.2) is 0 Å². The number of thiophene rings is 1. The van der Waals surface area contributed by atoms with Gasteiger partial charge in [-0.3, -0.25) is 4.57 Å². The van der Waals surface area contributed by atoms with Crippen molar-refractivity contribution in [3.63, 3.8) is 0 Å². The first-order valence-electron chi connectivity index (χ1n) is 19.7. The van der Waals surface area contributed by atoms with E-state index in [9.17, 15) is 0 Å². The molecule has 1 aliphatic carbocycles. The van der Waals surface area contributed by atoms with E-state index < -0.39 is 0 Å². The molecule has 1 aliphatic rings. The molecule has 0 spiro atoms. The van der Waals surface area contributed by atoms with Gasteiger partial charge in [0.2, 0.25) is 5.95 Å². The number of rotatable bonds is 4. The van der Waals surface area contributed by atoms with Gasteiger partial charge in [0, 0.05) is 41.9 Å². The smallest absolute Gasteiger partial charge is 0.235 e. The molecular weight excluding hydrogens is 723 g/mol. The molecular formula is C54H31N3S. The van der Waals surface area contributed by atoms with E-state index in [-0.39, 0.29) is 0 Å². The Morgan fingerprint density at radius 3 is 1.83 bits per heavy atom. The lowest BCUT2D eigenvalue weighted by atomic mass is 9.96. The largest absolute Gasteiger partial charge is 0.278 e. The summed E-state index contributed by atoms with van der Waals surface area (Å²) in [4.78, 5) is 10.6. The van der Waals surface area contributed by atoms with Crippen molar-refractivity contribution < 1.29 is 0 Å². The minimum atomic E-state index is 0.663. The second-order valence-corrected chi connectivity index (χ2v) is 16.4. The third kappa shape index (κ3) is 4.55. The molecule has 12 aromatic rings. The Balaban J connectivity index is 0.972. The minimum Gasteiger partial charge on any atom is -0.278 e. The van der Waals surface area contributed by atoms with Gasteiger partial charge in [-0.1, -0.05) is 146 Å². The van der Waals surface area contributed by atoms with Gasteiger partial charge in [-0.15, -0.1) is 11.3 Å². The molecule has 0 N–H and O–H groups in total. The molecule has 9 aromatic carbocycles. The SMILES string of the molecule is c1ccc(-c2ccc(-c3nc(-n4c5ccccc5c5cc(-c6ccc7sc8cc9c%10c(cccc%10c8c7c6)-c6ccccc6-9)ccc54)nc4ccccc34)cc2)cc1. The Kier molecular flexibility index (Phi) is 6.60. The number of benzene rings is 9. The lowest BCUT2D eigenvalue weighted by molar-refractivity contribution is 1.01. The number of fused-ring (bicyclic) bond motifs is 11. The Hall–Kier alpha value is -7.40. The van der Waals surface area contributed by atoms with Crippen LogP contribution in [0.5, 0.6) is 0 Å². The van der Waals surface area contributed by atoms with Crippen LogP contribution in [-0.4, -0.2) is 14.5 Å². The zero-order valence-corrected chi connectivity index (χ0v) is 32.0. The van der Waals surface area contributed by atoms with Crippen LogP contribution in [0.4, 0.5) is 0 Å². The van der Waals surface area contributed by atoms with Crippen molar-refractivity contribution in [3.8, 4) is 61.7 Å². The number of aromatic nitrogens is 3. The van der Waals surface area contributed by atoms with Crippen molar-refractivity contribution in [2.24, 2.45) is 0 Å². The Labute approximate surface area is 337 Å². The van der Waals surface area contributed by atoms with E-state index >= 15 is 0 Å². The van der Waals surface area contributed by atoms with Crippen LogP contribution in [0.2, 0.25) is 0 Å². The first kappa shape index (κ1) is 31.8. The van der Waals surface area contributed by atoms with Gasteiger partial charge in [-0.2, -0.15) is 0 Å². The second kappa shape index (κ2) is 12.1. The van der Waals surface area contributed by atoms with Crippen molar-refractivity contribution in [1.29, 1.82) is 0 Å². The summed E-state index contributed by atoms with van der Waals surface area (Å²) in [7, 11) is 0. The van der Waals surface area contributed by atoms with Gasteiger partial charge in [0.25, 0.3) is 0 Å². The Bertz CT molecular complexity index is 3670. The van der Waals surface area contributed by atoms with Crippen LogP contribution in [0.15, 0.2) is 188 Å². The molecule has 0 amide bonds. The first-order chi connectivity index (χ1) is 28.7. The summed E-state index contributed by atoms with van der Waals surface area (Å²) in [5.74, 6) is 0.663. The van der Waals surface area contributed by atoms with Gasteiger partial charge in [0.05, 0.1) is 22.2 Å². The van der Waals surface area contributed by atoms with Crippen molar-refractivity contribution in [1.82, 2.24) is 14.5 Å². The third-order valence-electron chi connectivity index (χ3n) is 12.2. The summed E-state index contributed by atoms with van der Waals surface area (Å²) in [6.45, 7) is 0. The molecule has 13 rings (SSSR count). The van der Waals surface area contributed by atoms with Crippen LogP contribution >= 0.6 is 11.3 Å². The van der Waals surface area contributed by atoms with E-state index in [2.05, 4.69) is 193 Å². The Morgan fingerprint density at radius 1 is 0.345 bits per heavy atom. The van der Waals surface area contributed by atoms with E-state index in [0.717, 1.165) is 33.2 Å². The Morgan fingerprint density at radius 2 is 0.966 bits per heavy atom. The predicted octanol–water partition coefficient (Wildman–Crippen LogP) is 14.9. The van der Waals surface area contributed by atoms with Crippen molar-refractivity contribution >= 4 is 75.0 Å². The van der Waals surface area contributed by atoms with Gasteiger partial charge < -0.3 is 0 Å². The lowest BCUT2D eigenvalue weighted by Crippen LogP contribution is -2.03. The van der Waals surface area contributed by atoms with Crippen molar-refractivity contribution in [2.45, 2.75) is 0 Å². The van der Waals surface area contributed by atoms with Crippen LogP contribution in [0, 0.1) is 0 Å². The zero-order valence-electron chi connectivity index (χ0n) is 31.1. The number of para-hydroxylation sites is 2. The molecule has 58 heavy (non-hydrogen) atoms. The second-order valence-electron chi connectivity index (χ2n) is 15.3. The summed E-state index contributed by atoms with van der Waals surface area (Å²) in [5.41, 5.74) is 15.2. The average molecular weight is 754 g/mol. The fourth-order valence-electron chi connectivity index (χ4n) is 9.52. The minimum absolute atomic E-state index is 0.663. The fourth-order valence-corrected chi connectivity index (χ4v) is 10.7. The van der Waals surface area contributed by atoms with E-state index in [1.54, 1.807) is 0 Å². The third-order valence-corrected chi connectivity index (χ3v) is 13.3. The number of nitrogens with zero attached hydrogens (tertiary/aromatic N) is 3. The molecule has 0 aliphatic heterocycles. The van der Waals surface area contributed by atoms with Crippen LogP contribution in [0.1, 0.15) is 0 Å². The number of hydrogen-bond acceptors (Lipinski definition) is 3. The van der Waals surface area contributed by atoms with E-state index in [0.29, 0.717) is 5.95 Å². The van der Waals surface area contributed by atoms with Gasteiger partial charge >= 0.3 is 0 Å². The quantitative estimate of drug-likeness (QED) is 0.179. The summed E-state index contributed by atoms with van der Waals surface area (Å²) in [6, 6.07) is 68.2. The fraction of sp³-hybridized carbons (Fsp3) is 0. The topological polar surface area (TPSA) is 30.7 Å². The molecule has 0 radical (unpaired) electrons. The van der Waals surface area contributed by atoms with Crippen LogP contribution in [0.3, 0.4) is 0 Å². The molecule has 268 valence electrons. The highest BCUT2D eigenvalue weighted by Gasteiger charge is 2.24. The van der Waals surface area contributed by atoms with E-state index in [4.69, 9.17) is 9.97 Å². The van der Waals surface area contributed by atoms with E-state index in [1.807, 2.05) is 11.3 Å². The van der Waals surface area contributed by atoms with Crippen molar-refractivity contribution in [2.75, 3.05) is 0 Å². The molecule has 0 fully saturated rings. The van der Waals surface area contributed by atoms with Crippen LogP contribution in [-0.2, 0) is 0 Å². The number of hydrogen-bond donors (Lipinski definition) is 0. The maximum absolute atomic E-state index is 5.36. The lowest BCUT2D eigenvalue weighted by Gasteiger charge is -2.12. The highest BCUT2D eigenvalue weighted by molar-refractivity contribution is 7.26. The zero-order chi connectivity index (χ0) is 37.9. The predicted molar refractivity (Wildman–Crippen MR) is 245 cm³/mol. The molecule has 3 heterocycles. The molecule has 0 saturated heterocycles. The molecule has 0 bridgehead atoms. The maximum Gasteiger partial charge on any atom is 0.235 e. The molecule has 0 saturated carbocycles. The summed E-state index contributed by atoms with van der Waals surface area (Å²) >= 11 is 1.90. The standard InChI is InChI=1S/C54H31N3S/c1-2-11-32(12-3-1)33-21-23-34(24-22-33)53-41-16-6-8-19-46(41)55-54(56-53)57-47-20-9-7-15-39(47)43-29-35(25-27-48(43)57)36-26-28-49-45(30-36)52-42-18-10-17-40-37-13-4-5-14-38(37)44(51(40)42)31-50(52)58-49/h1-31H. The highest BCUT2D eigenvalue weighted by Crippen LogP contribution is 2.52. The summed E-state index contributed by atoms with van der Waals surface area (Å²) < 4.78 is 4.89.